The Morgan fingerprint density at radius 2 is 2.14 bits per heavy atom. The van der Waals surface area contributed by atoms with Gasteiger partial charge in [-0.1, -0.05) is 25.5 Å². The number of nitrogens with one attached hydrogen (secondary N) is 2. The molecule has 0 saturated carbocycles. The molecule has 1 aromatic carbocycles. The second-order valence-electron chi connectivity index (χ2n) is 4.79. The first-order valence-corrected chi connectivity index (χ1v) is 7.26. The van der Waals surface area contributed by atoms with Crippen LogP contribution < -0.4 is 5.56 Å². The molecule has 0 fully saturated rings. The molecule has 108 valence electrons. The van der Waals surface area contributed by atoms with E-state index in [1.807, 2.05) is 22.8 Å². The van der Waals surface area contributed by atoms with Crippen molar-refractivity contribution >= 4 is 23.1 Å². The molecule has 0 amide bonds. The molecule has 0 bridgehead atoms. The fourth-order valence-electron chi connectivity index (χ4n) is 2.21. The lowest BCUT2D eigenvalue weighted by atomic mass is 10.2. The number of hydrogen-bond acceptors (Lipinski definition) is 4. The highest BCUT2D eigenvalue weighted by atomic mass is 32.1. The molecule has 0 unspecified atom stereocenters. The Balaban J connectivity index is 2.17. The van der Waals surface area contributed by atoms with Gasteiger partial charge in [-0.05, 0) is 30.8 Å². The maximum atomic E-state index is 12.1. The summed E-state index contributed by atoms with van der Waals surface area (Å²) in [5, 5.41) is 7.53. The van der Waals surface area contributed by atoms with Gasteiger partial charge in [0.15, 0.2) is 16.4 Å². The molecule has 21 heavy (non-hydrogen) atoms. The summed E-state index contributed by atoms with van der Waals surface area (Å²) in [6.45, 7) is 2.86. The first-order chi connectivity index (χ1) is 10.2. The summed E-state index contributed by atoms with van der Waals surface area (Å²) < 4.78 is 2.40. The highest BCUT2D eigenvalue weighted by molar-refractivity contribution is 7.71. The number of aromatic amines is 2. The van der Waals surface area contributed by atoms with Gasteiger partial charge in [0.25, 0.3) is 5.56 Å². The molecule has 2 N–H and O–H groups in total. The van der Waals surface area contributed by atoms with Crippen LogP contribution in [0.1, 0.15) is 19.8 Å². The third kappa shape index (κ3) is 2.52. The molecular weight excluding hydrogens is 286 g/mol. The van der Waals surface area contributed by atoms with E-state index in [2.05, 4.69) is 27.1 Å². The van der Waals surface area contributed by atoms with E-state index >= 15 is 0 Å². The third-order valence-corrected chi connectivity index (χ3v) is 3.63. The molecule has 0 atom stereocenters. The summed E-state index contributed by atoms with van der Waals surface area (Å²) in [6.07, 6.45) is 2.03. The van der Waals surface area contributed by atoms with Gasteiger partial charge in [-0.3, -0.25) is 14.5 Å². The van der Waals surface area contributed by atoms with Crippen LogP contribution >= 0.6 is 12.2 Å². The summed E-state index contributed by atoms with van der Waals surface area (Å²) in [5.74, 6) is 0.999. The van der Waals surface area contributed by atoms with Crippen LogP contribution in [0.25, 0.3) is 22.6 Å². The molecule has 3 aromatic rings. The van der Waals surface area contributed by atoms with E-state index in [-0.39, 0.29) is 5.56 Å². The van der Waals surface area contributed by atoms with Crippen LogP contribution in [0.15, 0.2) is 29.1 Å². The van der Waals surface area contributed by atoms with Crippen LogP contribution in [0.5, 0.6) is 0 Å². The van der Waals surface area contributed by atoms with Gasteiger partial charge >= 0.3 is 0 Å². The van der Waals surface area contributed by atoms with Crippen LogP contribution in [0.2, 0.25) is 0 Å². The van der Waals surface area contributed by atoms with Gasteiger partial charge in [0, 0.05) is 6.54 Å². The van der Waals surface area contributed by atoms with E-state index in [4.69, 9.17) is 12.2 Å². The molecule has 2 heterocycles. The van der Waals surface area contributed by atoms with Crippen LogP contribution in [0, 0.1) is 4.77 Å². The molecule has 0 aliphatic rings. The fourth-order valence-corrected chi connectivity index (χ4v) is 2.44. The van der Waals surface area contributed by atoms with Crippen molar-refractivity contribution in [1.29, 1.82) is 0 Å². The van der Waals surface area contributed by atoms with Crippen LogP contribution in [-0.4, -0.2) is 24.7 Å². The molecular formula is C14H15N5OS. The average Bonchev–Trinajstić information content (AvgIpc) is 2.86. The highest BCUT2D eigenvalue weighted by Gasteiger charge is 2.12. The van der Waals surface area contributed by atoms with Crippen LogP contribution in [-0.2, 0) is 6.54 Å². The quantitative estimate of drug-likeness (QED) is 0.726. The molecule has 2 aromatic heterocycles. The summed E-state index contributed by atoms with van der Waals surface area (Å²) in [7, 11) is 0. The Morgan fingerprint density at radius 1 is 1.33 bits per heavy atom. The minimum atomic E-state index is -0.174. The Bertz CT molecular complexity index is 892. The summed E-state index contributed by atoms with van der Waals surface area (Å²) in [6, 6.07) is 7.23. The van der Waals surface area contributed by atoms with Crippen molar-refractivity contribution in [2.24, 2.45) is 0 Å². The zero-order valence-electron chi connectivity index (χ0n) is 11.6. The normalized spacial score (nSPS) is 11.1. The zero-order valence-corrected chi connectivity index (χ0v) is 12.4. The fraction of sp³-hybridized carbons (Fsp3) is 0.286. The maximum absolute atomic E-state index is 12.1. The van der Waals surface area contributed by atoms with Crippen molar-refractivity contribution in [3.05, 3.63) is 39.4 Å². The van der Waals surface area contributed by atoms with Crippen molar-refractivity contribution in [2.45, 2.75) is 26.3 Å². The minimum Gasteiger partial charge on any atom is -0.303 e. The third-order valence-electron chi connectivity index (χ3n) is 3.32. The van der Waals surface area contributed by atoms with Gasteiger partial charge in [0.05, 0.1) is 10.9 Å². The Morgan fingerprint density at radius 3 is 2.95 bits per heavy atom. The van der Waals surface area contributed by atoms with Crippen molar-refractivity contribution < 1.29 is 0 Å². The lowest BCUT2D eigenvalue weighted by Crippen LogP contribution is -2.12. The van der Waals surface area contributed by atoms with Gasteiger partial charge in [0.2, 0.25) is 0 Å². The van der Waals surface area contributed by atoms with E-state index in [9.17, 15) is 4.79 Å². The Labute approximate surface area is 125 Å². The monoisotopic (exact) mass is 301 g/mol. The number of aromatic nitrogens is 5. The predicted molar refractivity (Wildman–Crippen MR) is 83.7 cm³/mol. The van der Waals surface area contributed by atoms with E-state index in [1.54, 1.807) is 6.07 Å². The first kappa shape index (κ1) is 13.7. The number of hydrogen-bond donors (Lipinski definition) is 2. The van der Waals surface area contributed by atoms with Crippen molar-refractivity contribution in [1.82, 2.24) is 24.7 Å². The molecule has 0 spiro atoms. The Hall–Kier alpha value is -2.28. The largest absolute Gasteiger partial charge is 0.303 e. The smallest absolute Gasteiger partial charge is 0.259 e. The molecule has 0 aliphatic heterocycles. The SMILES string of the molecule is CCCCn1c(-c2nc3ccccc3c(=O)[nH]2)n[nH]c1=S. The van der Waals surface area contributed by atoms with E-state index in [1.165, 1.54) is 0 Å². The number of benzene rings is 1. The highest BCUT2D eigenvalue weighted by Crippen LogP contribution is 2.15. The summed E-state index contributed by atoms with van der Waals surface area (Å²) in [4.78, 5) is 19.4. The standard InChI is InChI=1S/C14H15N5OS/c1-2-3-8-19-12(17-18-14(19)21)11-15-10-7-5-4-6-9(10)13(20)16-11/h4-7H,2-3,8H2,1H3,(H,18,21)(H,15,16,20). The number of H-pyrrole nitrogens is 2. The van der Waals surface area contributed by atoms with Gasteiger partial charge in [0.1, 0.15) is 0 Å². The molecule has 0 saturated heterocycles. The summed E-state index contributed by atoms with van der Waals surface area (Å²) in [5.41, 5.74) is 0.471. The van der Waals surface area contributed by atoms with Crippen molar-refractivity contribution in [3.63, 3.8) is 0 Å². The molecule has 0 aliphatic carbocycles. The average molecular weight is 301 g/mol. The van der Waals surface area contributed by atoms with Gasteiger partial charge in [-0.25, -0.2) is 4.98 Å². The number of rotatable bonds is 4. The van der Waals surface area contributed by atoms with Gasteiger partial charge in [-0.15, -0.1) is 0 Å². The van der Waals surface area contributed by atoms with Crippen LogP contribution in [0.3, 0.4) is 0 Å². The molecule has 0 radical (unpaired) electrons. The Kier molecular flexibility index (Phi) is 3.66. The maximum Gasteiger partial charge on any atom is 0.259 e. The van der Waals surface area contributed by atoms with Gasteiger partial charge < -0.3 is 4.98 Å². The minimum absolute atomic E-state index is 0.174. The number of para-hydroxylation sites is 1. The predicted octanol–water partition coefficient (Wildman–Crippen LogP) is 2.64. The molecule has 3 rings (SSSR count). The topological polar surface area (TPSA) is 79.4 Å². The van der Waals surface area contributed by atoms with Crippen molar-refractivity contribution in [3.8, 4) is 11.6 Å². The zero-order chi connectivity index (χ0) is 14.8. The lowest BCUT2D eigenvalue weighted by molar-refractivity contribution is 0.627. The molecule has 6 nitrogen and oxygen atoms in total. The molecule has 7 heteroatoms. The lowest BCUT2D eigenvalue weighted by Gasteiger charge is -2.06. The first-order valence-electron chi connectivity index (χ1n) is 6.85. The van der Waals surface area contributed by atoms with Gasteiger partial charge in [-0.2, -0.15) is 5.10 Å². The van der Waals surface area contributed by atoms with E-state index < -0.39 is 0 Å². The number of fused-ring (bicyclic) bond motifs is 1. The van der Waals surface area contributed by atoms with Crippen LogP contribution in [0.4, 0.5) is 0 Å². The summed E-state index contributed by atoms with van der Waals surface area (Å²) >= 11 is 5.24. The second-order valence-corrected chi connectivity index (χ2v) is 5.18. The number of unbranched alkanes of at least 4 members (excludes halogenated alkanes) is 1. The van der Waals surface area contributed by atoms with Crippen molar-refractivity contribution in [2.75, 3.05) is 0 Å². The van der Waals surface area contributed by atoms with E-state index in [0.717, 1.165) is 19.4 Å². The number of nitrogens with zero attached hydrogens (tertiary/aromatic N) is 3. The second kappa shape index (κ2) is 5.61. The van der Waals surface area contributed by atoms with E-state index in [0.29, 0.717) is 27.3 Å².